The monoisotopic (exact) mass is 317 g/mol. The molecule has 2 heterocycles. The van der Waals surface area contributed by atoms with Crippen LogP contribution in [-0.2, 0) is 7.05 Å². The number of hydrogen-bond donors (Lipinski definition) is 0. The Morgan fingerprint density at radius 2 is 2.09 bits per heavy atom. The summed E-state index contributed by atoms with van der Waals surface area (Å²) in [6.45, 7) is 3.92. The van der Waals surface area contributed by atoms with Gasteiger partial charge in [0.25, 0.3) is 0 Å². The summed E-state index contributed by atoms with van der Waals surface area (Å²) >= 11 is 1.46. The van der Waals surface area contributed by atoms with Gasteiger partial charge in [0.15, 0.2) is 0 Å². The van der Waals surface area contributed by atoms with E-state index in [1.165, 1.54) is 17.4 Å². The van der Waals surface area contributed by atoms with Crippen molar-refractivity contribution in [3.8, 4) is 22.3 Å². The number of aromatic nitrogens is 3. The van der Waals surface area contributed by atoms with Crippen molar-refractivity contribution in [2.24, 2.45) is 7.05 Å². The number of ether oxygens (including phenoxy) is 1. The summed E-state index contributed by atoms with van der Waals surface area (Å²) in [7, 11) is 1.86. The smallest absolute Gasteiger partial charge is 0.230 e. The van der Waals surface area contributed by atoms with Crippen LogP contribution in [0.15, 0.2) is 35.8 Å². The normalized spacial score (nSPS) is 11.1. The molecule has 1 aromatic carbocycles. The van der Waals surface area contributed by atoms with Crippen LogP contribution in [0, 0.1) is 5.82 Å². The Labute approximate surface area is 132 Å². The Kier molecular flexibility index (Phi) is 3.94. The molecule has 0 aliphatic rings. The molecule has 0 N–H and O–H groups in total. The fourth-order valence-electron chi connectivity index (χ4n) is 2.17. The molecule has 0 atom stereocenters. The third-order valence-electron chi connectivity index (χ3n) is 3.34. The van der Waals surface area contributed by atoms with E-state index in [4.69, 9.17) is 4.74 Å². The molecule has 0 radical (unpaired) electrons. The Bertz CT molecular complexity index is 794. The highest BCUT2D eigenvalue weighted by atomic mass is 32.1. The number of rotatable bonds is 4. The van der Waals surface area contributed by atoms with Gasteiger partial charge in [-0.25, -0.2) is 4.39 Å². The van der Waals surface area contributed by atoms with Crippen LogP contribution in [0.1, 0.15) is 25.3 Å². The van der Waals surface area contributed by atoms with E-state index in [1.54, 1.807) is 28.4 Å². The van der Waals surface area contributed by atoms with E-state index in [0.717, 1.165) is 10.7 Å². The van der Waals surface area contributed by atoms with Gasteiger partial charge in [0.1, 0.15) is 16.6 Å². The Balaban J connectivity index is 1.81. The minimum absolute atomic E-state index is 0.143. The quantitative estimate of drug-likeness (QED) is 0.706. The van der Waals surface area contributed by atoms with Crippen molar-refractivity contribution in [2.75, 3.05) is 0 Å². The Morgan fingerprint density at radius 3 is 2.73 bits per heavy atom. The highest BCUT2D eigenvalue weighted by molar-refractivity contribution is 7.13. The number of nitrogens with zero attached hydrogens (tertiary/aromatic N) is 3. The molecule has 3 aromatic rings. The molecule has 2 aromatic heterocycles. The summed E-state index contributed by atoms with van der Waals surface area (Å²) in [4.78, 5) is 4.41. The summed E-state index contributed by atoms with van der Waals surface area (Å²) in [5.74, 6) is 0.793. The van der Waals surface area contributed by atoms with Gasteiger partial charge in [0.05, 0.1) is 11.1 Å². The molecule has 6 heteroatoms. The van der Waals surface area contributed by atoms with Crippen LogP contribution >= 0.6 is 11.3 Å². The highest BCUT2D eigenvalue weighted by Gasteiger charge is 2.11. The van der Waals surface area contributed by atoms with Crippen LogP contribution in [0.25, 0.3) is 10.7 Å². The summed E-state index contributed by atoms with van der Waals surface area (Å²) in [5, 5.41) is 6.73. The van der Waals surface area contributed by atoms with Crippen molar-refractivity contribution in [1.82, 2.24) is 14.8 Å². The average molecular weight is 317 g/mol. The summed E-state index contributed by atoms with van der Waals surface area (Å²) in [6.07, 6.45) is 1.72. The van der Waals surface area contributed by atoms with Gasteiger partial charge in [-0.1, -0.05) is 19.9 Å². The molecule has 0 aliphatic heterocycles. The van der Waals surface area contributed by atoms with Crippen molar-refractivity contribution in [3.63, 3.8) is 0 Å². The van der Waals surface area contributed by atoms with E-state index in [-0.39, 0.29) is 11.7 Å². The van der Waals surface area contributed by atoms with Crippen molar-refractivity contribution < 1.29 is 9.13 Å². The molecule has 4 nitrogen and oxygen atoms in total. The zero-order chi connectivity index (χ0) is 15.7. The standard InChI is InChI=1S/C16H16FN3OS/c1-10(2)12-5-4-11(8-13(12)17)21-15-9-22-16(19-15)14-6-7-18-20(14)3/h4-10H,1-3H3. The largest absolute Gasteiger partial charge is 0.438 e. The molecule has 0 unspecified atom stereocenters. The first-order chi connectivity index (χ1) is 10.5. The molecular formula is C16H16FN3OS. The number of hydrogen-bond acceptors (Lipinski definition) is 4. The van der Waals surface area contributed by atoms with Gasteiger partial charge in [-0.3, -0.25) is 4.68 Å². The molecule has 0 bridgehead atoms. The molecule has 0 saturated heterocycles. The van der Waals surface area contributed by atoms with E-state index in [2.05, 4.69) is 10.1 Å². The summed E-state index contributed by atoms with van der Waals surface area (Å²) in [6, 6.07) is 6.81. The van der Waals surface area contributed by atoms with Crippen molar-refractivity contribution in [3.05, 3.63) is 47.2 Å². The molecule has 22 heavy (non-hydrogen) atoms. The predicted octanol–water partition coefficient (Wildman–Crippen LogP) is 4.60. The SMILES string of the molecule is CC(C)c1ccc(Oc2csc(-c3ccnn3C)n2)cc1F. The Hall–Kier alpha value is -2.21. The number of halogens is 1. The maximum atomic E-state index is 14.0. The minimum Gasteiger partial charge on any atom is -0.438 e. The van der Waals surface area contributed by atoms with E-state index in [9.17, 15) is 4.39 Å². The van der Waals surface area contributed by atoms with Crippen molar-refractivity contribution in [1.29, 1.82) is 0 Å². The number of thiazole rings is 1. The van der Waals surface area contributed by atoms with Gasteiger partial charge >= 0.3 is 0 Å². The summed E-state index contributed by atoms with van der Waals surface area (Å²) < 4.78 is 21.4. The predicted molar refractivity (Wildman–Crippen MR) is 84.9 cm³/mol. The zero-order valence-electron chi connectivity index (χ0n) is 12.6. The van der Waals surface area contributed by atoms with E-state index in [0.29, 0.717) is 17.2 Å². The first-order valence-corrected chi connectivity index (χ1v) is 7.84. The highest BCUT2D eigenvalue weighted by Crippen LogP contribution is 2.30. The van der Waals surface area contributed by atoms with Gasteiger partial charge in [0, 0.05) is 19.3 Å². The molecule has 0 saturated carbocycles. The van der Waals surface area contributed by atoms with Crippen LogP contribution in [0.2, 0.25) is 0 Å². The van der Waals surface area contributed by atoms with Crippen LogP contribution < -0.4 is 4.74 Å². The lowest BCUT2D eigenvalue weighted by Crippen LogP contribution is -1.94. The Morgan fingerprint density at radius 1 is 1.27 bits per heavy atom. The van der Waals surface area contributed by atoms with Gasteiger partial charge in [-0.15, -0.1) is 11.3 Å². The molecule has 0 spiro atoms. The zero-order valence-corrected chi connectivity index (χ0v) is 13.4. The fraction of sp³-hybridized carbons (Fsp3) is 0.250. The third kappa shape index (κ3) is 2.87. The molecule has 0 amide bonds. The maximum Gasteiger partial charge on any atom is 0.230 e. The van der Waals surface area contributed by atoms with Gasteiger partial charge in [-0.2, -0.15) is 10.1 Å². The minimum atomic E-state index is -0.255. The molecule has 114 valence electrons. The van der Waals surface area contributed by atoms with E-state index < -0.39 is 0 Å². The first-order valence-electron chi connectivity index (χ1n) is 6.96. The second-order valence-electron chi connectivity index (χ2n) is 5.27. The van der Waals surface area contributed by atoms with Gasteiger partial charge in [-0.05, 0) is 23.6 Å². The number of aryl methyl sites for hydroxylation is 1. The van der Waals surface area contributed by atoms with E-state index in [1.807, 2.05) is 27.0 Å². The first kappa shape index (κ1) is 14.7. The van der Waals surface area contributed by atoms with Crippen LogP contribution in [-0.4, -0.2) is 14.8 Å². The fourth-order valence-corrected chi connectivity index (χ4v) is 2.94. The lowest BCUT2D eigenvalue weighted by molar-refractivity contribution is 0.460. The lowest BCUT2D eigenvalue weighted by atomic mass is 10.0. The lowest BCUT2D eigenvalue weighted by Gasteiger charge is -2.08. The molecule has 0 fully saturated rings. The molecular weight excluding hydrogens is 301 g/mol. The van der Waals surface area contributed by atoms with Crippen LogP contribution in [0.5, 0.6) is 11.6 Å². The molecule has 0 aliphatic carbocycles. The van der Waals surface area contributed by atoms with Crippen LogP contribution in [0.4, 0.5) is 4.39 Å². The van der Waals surface area contributed by atoms with Crippen LogP contribution in [0.3, 0.4) is 0 Å². The summed E-state index contributed by atoms with van der Waals surface area (Å²) in [5.41, 5.74) is 1.60. The second-order valence-corrected chi connectivity index (χ2v) is 6.13. The van der Waals surface area contributed by atoms with Crippen molar-refractivity contribution in [2.45, 2.75) is 19.8 Å². The number of benzene rings is 1. The third-order valence-corrected chi connectivity index (χ3v) is 4.18. The maximum absolute atomic E-state index is 14.0. The van der Waals surface area contributed by atoms with Gasteiger partial charge < -0.3 is 4.74 Å². The second kappa shape index (κ2) is 5.88. The molecule has 3 rings (SSSR count). The van der Waals surface area contributed by atoms with E-state index >= 15 is 0 Å². The topological polar surface area (TPSA) is 39.9 Å². The average Bonchev–Trinajstić information content (AvgIpc) is 3.07. The van der Waals surface area contributed by atoms with Gasteiger partial charge in [0.2, 0.25) is 5.88 Å². The van der Waals surface area contributed by atoms with Crippen molar-refractivity contribution >= 4 is 11.3 Å².